The predicted molar refractivity (Wildman–Crippen MR) is 77.7 cm³/mol. The van der Waals surface area contributed by atoms with Crippen LogP contribution in [-0.2, 0) is 17.7 Å². The fourth-order valence-corrected chi connectivity index (χ4v) is 3.85. The summed E-state index contributed by atoms with van der Waals surface area (Å²) in [4.78, 5) is 11.2. The average molecular weight is 281 g/mol. The summed E-state index contributed by atoms with van der Waals surface area (Å²) in [6, 6.07) is 0. The highest BCUT2D eigenvalue weighted by Gasteiger charge is 2.19. The first-order chi connectivity index (χ1) is 9.31. The van der Waals surface area contributed by atoms with E-state index >= 15 is 0 Å². The standard InChI is InChI=1S/C14H23N3OS/c1-12-15-13-11-17(6-3-14(13)19-12)5-2-4-16-7-9-18-10-8-16/h2-11H2,1H3. The zero-order valence-corrected chi connectivity index (χ0v) is 12.5. The van der Waals surface area contributed by atoms with Crippen molar-refractivity contribution in [3.05, 3.63) is 15.6 Å². The van der Waals surface area contributed by atoms with Gasteiger partial charge in [-0.05, 0) is 32.9 Å². The first-order valence-electron chi connectivity index (χ1n) is 7.29. The lowest BCUT2D eigenvalue weighted by Gasteiger charge is -2.29. The van der Waals surface area contributed by atoms with Gasteiger partial charge in [0, 0.05) is 31.1 Å². The summed E-state index contributed by atoms with van der Waals surface area (Å²) < 4.78 is 5.38. The molecule has 0 aromatic carbocycles. The summed E-state index contributed by atoms with van der Waals surface area (Å²) in [6.07, 6.45) is 2.46. The van der Waals surface area contributed by atoms with Crippen LogP contribution in [0.5, 0.6) is 0 Å². The number of fused-ring (bicyclic) bond motifs is 1. The summed E-state index contributed by atoms with van der Waals surface area (Å²) in [5, 5.41) is 1.22. The van der Waals surface area contributed by atoms with E-state index in [4.69, 9.17) is 4.74 Å². The third-order valence-corrected chi connectivity index (χ3v) is 5.04. The molecule has 0 saturated carbocycles. The molecule has 4 nitrogen and oxygen atoms in total. The number of aryl methyl sites for hydroxylation is 1. The Hall–Kier alpha value is -0.490. The van der Waals surface area contributed by atoms with Gasteiger partial charge in [0.25, 0.3) is 0 Å². The van der Waals surface area contributed by atoms with Crippen molar-refractivity contribution >= 4 is 11.3 Å². The zero-order valence-electron chi connectivity index (χ0n) is 11.7. The summed E-state index contributed by atoms with van der Waals surface area (Å²) in [5.74, 6) is 0. The topological polar surface area (TPSA) is 28.6 Å². The quantitative estimate of drug-likeness (QED) is 0.837. The molecule has 3 heterocycles. The zero-order chi connectivity index (χ0) is 13.1. The molecule has 1 saturated heterocycles. The van der Waals surface area contributed by atoms with Crippen LogP contribution < -0.4 is 0 Å². The molecule has 0 N–H and O–H groups in total. The molecule has 1 aromatic heterocycles. The number of rotatable bonds is 4. The van der Waals surface area contributed by atoms with Gasteiger partial charge < -0.3 is 4.74 Å². The molecule has 3 rings (SSSR count). The summed E-state index contributed by atoms with van der Waals surface area (Å²) in [5.41, 5.74) is 1.33. The second-order valence-corrected chi connectivity index (χ2v) is 6.72. The van der Waals surface area contributed by atoms with Crippen LogP contribution in [-0.4, -0.2) is 60.7 Å². The van der Waals surface area contributed by atoms with Gasteiger partial charge in [-0.15, -0.1) is 11.3 Å². The van der Waals surface area contributed by atoms with Crippen LogP contribution >= 0.6 is 11.3 Å². The molecule has 1 fully saturated rings. The summed E-state index contributed by atoms with van der Waals surface area (Å²) >= 11 is 1.88. The highest BCUT2D eigenvalue weighted by molar-refractivity contribution is 7.11. The molecule has 0 atom stereocenters. The van der Waals surface area contributed by atoms with Crippen molar-refractivity contribution in [1.82, 2.24) is 14.8 Å². The van der Waals surface area contributed by atoms with E-state index in [2.05, 4.69) is 21.7 Å². The smallest absolute Gasteiger partial charge is 0.0900 e. The van der Waals surface area contributed by atoms with Crippen LogP contribution in [0, 0.1) is 6.92 Å². The molecule has 0 aliphatic carbocycles. The van der Waals surface area contributed by atoms with Gasteiger partial charge in [0.15, 0.2) is 0 Å². The first kappa shape index (κ1) is 13.5. The van der Waals surface area contributed by atoms with Crippen molar-refractivity contribution in [2.45, 2.75) is 26.3 Å². The molecule has 0 bridgehead atoms. The monoisotopic (exact) mass is 281 g/mol. The molecule has 2 aliphatic rings. The van der Waals surface area contributed by atoms with E-state index in [-0.39, 0.29) is 0 Å². The van der Waals surface area contributed by atoms with E-state index in [1.807, 2.05) is 11.3 Å². The maximum atomic E-state index is 5.38. The molecule has 0 radical (unpaired) electrons. The minimum atomic E-state index is 0.908. The van der Waals surface area contributed by atoms with Gasteiger partial charge in [0.2, 0.25) is 0 Å². The maximum Gasteiger partial charge on any atom is 0.0900 e. The van der Waals surface area contributed by atoms with Crippen LogP contribution in [0.1, 0.15) is 22.0 Å². The highest BCUT2D eigenvalue weighted by atomic mass is 32.1. The summed E-state index contributed by atoms with van der Waals surface area (Å²) in [6.45, 7) is 10.8. The minimum absolute atomic E-state index is 0.908. The maximum absolute atomic E-state index is 5.38. The molecule has 1 aromatic rings. The Kier molecular flexibility index (Phi) is 4.48. The fraction of sp³-hybridized carbons (Fsp3) is 0.786. The predicted octanol–water partition coefficient (Wildman–Crippen LogP) is 1.53. The lowest BCUT2D eigenvalue weighted by atomic mass is 10.2. The third kappa shape index (κ3) is 3.54. The average Bonchev–Trinajstić information content (AvgIpc) is 2.79. The van der Waals surface area contributed by atoms with Crippen molar-refractivity contribution in [2.75, 3.05) is 45.9 Å². The van der Waals surface area contributed by atoms with E-state index in [0.29, 0.717) is 0 Å². The SMILES string of the molecule is Cc1nc2c(s1)CCN(CCCN1CCOCC1)C2. The Morgan fingerprint density at radius 1 is 1.16 bits per heavy atom. The van der Waals surface area contributed by atoms with Crippen LogP contribution in [0.2, 0.25) is 0 Å². The molecule has 106 valence electrons. The Morgan fingerprint density at radius 3 is 2.79 bits per heavy atom. The van der Waals surface area contributed by atoms with E-state index < -0.39 is 0 Å². The molecule has 0 spiro atoms. The number of morpholine rings is 1. The lowest BCUT2D eigenvalue weighted by molar-refractivity contribution is 0.0359. The molecule has 19 heavy (non-hydrogen) atoms. The van der Waals surface area contributed by atoms with Crippen molar-refractivity contribution in [3.63, 3.8) is 0 Å². The second-order valence-electron chi connectivity index (χ2n) is 5.44. The van der Waals surface area contributed by atoms with Crippen LogP contribution in [0.25, 0.3) is 0 Å². The summed E-state index contributed by atoms with van der Waals surface area (Å²) in [7, 11) is 0. The van der Waals surface area contributed by atoms with E-state index in [9.17, 15) is 0 Å². The third-order valence-electron chi connectivity index (χ3n) is 3.97. The fourth-order valence-electron chi connectivity index (χ4n) is 2.92. The number of hydrogen-bond donors (Lipinski definition) is 0. The Bertz CT molecular complexity index is 415. The first-order valence-corrected chi connectivity index (χ1v) is 8.10. The largest absolute Gasteiger partial charge is 0.379 e. The highest BCUT2D eigenvalue weighted by Crippen LogP contribution is 2.24. The minimum Gasteiger partial charge on any atom is -0.379 e. The molecular formula is C14H23N3OS. The number of thiazole rings is 1. The van der Waals surface area contributed by atoms with Gasteiger partial charge in [-0.2, -0.15) is 0 Å². The molecule has 2 aliphatic heterocycles. The molecule has 0 amide bonds. The van der Waals surface area contributed by atoms with Gasteiger partial charge in [-0.25, -0.2) is 4.98 Å². The van der Waals surface area contributed by atoms with E-state index in [1.165, 1.54) is 48.1 Å². The van der Waals surface area contributed by atoms with Gasteiger partial charge in [0.05, 0.1) is 23.9 Å². The van der Waals surface area contributed by atoms with E-state index in [1.54, 1.807) is 0 Å². The van der Waals surface area contributed by atoms with Crippen molar-refractivity contribution < 1.29 is 4.74 Å². The van der Waals surface area contributed by atoms with Crippen LogP contribution in [0.15, 0.2) is 0 Å². The second kappa shape index (κ2) is 6.31. The number of nitrogens with zero attached hydrogens (tertiary/aromatic N) is 3. The van der Waals surface area contributed by atoms with Gasteiger partial charge in [-0.3, -0.25) is 9.80 Å². The van der Waals surface area contributed by atoms with Crippen molar-refractivity contribution in [1.29, 1.82) is 0 Å². The number of aromatic nitrogens is 1. The molecule has 0 unspecified atom stereocenters. The van der Waals surface area contributed by atoms with Crippen molar-refractivity contribution in [2.24, 2.45) is 0 Å². The number of hydrogen-bond acceptors (Lipinski definition) is 5. The lowest BCUT2D eigenvalue weighted by Crippen LogP contribution is -2.38. The Balaban J connectivity index is 1.42. The number of ether oxygens (including phenoxy) is 1. The molecular weight excluding hydrogens is 258 g/mol. The Labute approximate surface area is 119 Å². The van der Waals surface area contributed by atoms with Crippen LogP contribution in [0.4, 0.5) is 0 Å². The van der Waals surface area contributed by atoms with E-state index in [0.717, 1.165) is 32.8 Å². The normalized spacial score (nSPS) is 21.5. The van der Waals surface area contributed by atoms with Crippen molar-refractivity contribution in [3.8, 4) is 0 Å². The van der Waals surface area contributed by atoms with Crippen LogP contribution in [0.3, 0.4) is 0 Å². The van der Waals surface area contributed by atoms with Gasteiger partial charge >= 0.3 is 0 Å². The van der Waals surface area contributed by atoms with Gasteiger partial charge in [0.1, 0.15) is 0 Å². The Morgan fingerprint density at radius 2 is 1.95 bits per heavy atom. The molecule has 5 heteroatoms. The van der Waals surface area contributed by atoms with Gasteiger partial charge in [-0.1, -0.05) is 0 Å².